The van der Waals surface area contributed by atoms with Gasteiger partial charge in [0.25, 0.3) is 0 Å². The molecular formula is C13H13ClN2O. The van der Waals surface area contributed by atoms with Crippen LogP contribution in [-0.2, 0) is 0 Å². The molecule has 17 heavy (non-hydrogen) atoms. The largest absolute Gasteiger partial charge is 0.295 e. The second-order valence-corrected chi connectivity index (χ2v) is 4.47. The maximum absolute atomic E-state index is 11.2. The van der Waals surface area contributed by atoms with E-state index in [1.165, 1.54) is 6.92 Å². The summed E-state index contributed by atoms with van der Waals surface area (Å²) in [5.74, 6) is 0.00631. The SMILES string of the molecule is CC(=O)c1ccc(-n2nc(C)cc2C)c(Cl)c1. The van der Waals surface area contributed by atoms with Gasteiger partial charge in [0.05, 0.1) is 16.4 Å². The maximum atomic E-state index is 11.2. The Balaban J connectivity index is 2.54. The van der Waals surface area contributed by atoms with Gasteiger partial charge >= 0.3 is 0 Å². The van der Waals surface area contributed by atoms with Crippen LogP contribution < -0.4 is 0 Å². The van der Waals surface area contributed by atoms with E-state index in [1.54, 1.807) is 16.8 Å². The molecule has 0 atom stereocenters. The molecule has 0 fully saturated rings. The molecule has 4 heteroatoms. The number of halogens is 1. The van der Waals surface area contributed by atoms with Crippen LogP contribution in [0.4, 0.5) is 0 Å². The van der Waals surface area contributed by atoms with Gasteiger partial charge in [-0.05, 0) is 45.0 Å². The summed E-state index contributed by atoms with van der Waals surface area (Å²) < 4.78 is 1.78. The lowest BCUT2D eigenvalue weighted by Crippen LogP contribution is -2.01. The van der Waals surface area contributed by atoms with Crippen molar-refractivity contribution in [2.75, 3.05) is 0 Å². The molecule has 2 aromatic rings. The van der Waals surface area contributed by atoms with Crippen molar-refractivity contribution in [3.63, 3.8) is 0 Å². The van der Waals surface area contributed by atoms with Gasteiger partial charge in [-0.1, -0.05) is 11.6 Å². The molecule has 3 nitrogen and oxygen atoms in total. The van der Waals surface area contributed by atoms with Gasteiger partial charge in [0, 0.05) is 11.3 Å². The van der Waals surface area contributed by atoms with Gasteiger partial charge < -0.3 is 0 Å². The number of benzene rings is 1. The normalized spacial score (nSPS) is 10.6. The molecule has 0 radical (unpaired) electrons. The number of hydrogen-bond acceptors (Lipinski definition) is 2. The fourth-order valence-electron chi connectivity index (χ4n) is 1.77. The first-order chi connectivity index (χ1) is 7.99. The Morgan fingerprint density at radius 2 is 2.00 bits per heavy atom. The van der Waals surface area contributed by atoms with Crippen LogP contribution in [0, 0.1) is 13.8 Å². The Kier molecular flexibility index (Phi) is 3.03. The van der Waals surface area contributed by atoms with Crippen LogP contribution in [0.1, 0.15) is 28.7 Å². The fraction of sp³-hybridized carbons (Fsp3) is 0.231. The third-order valence-corrected chi connectivity index (χ3v) is 2.89. The average molecular weight is 249 g/mol. The lowest BCUT2D eigenvalue weighted by atomic mass is 10.1. The minimum absolute atomic E-state index is 0.00631. The van der Waals surface area contributed by atoms with E-state index in [1.807, 2.05) is 26.0 Å². The number of nitrogens with zero attached hydrogens (tertiary/aromatic N) is 2. The van der Waals surface area contributed by atoms with Crippen molar-refractivity contribution in [3.8, 4) is 5.69 Å². The van der Waals surface area contributed by atoms with Crippen LogP contribution in [0.2, 0.25) is 5.02 Å². The van der Waals surface area contributed by atoms with Crippen molar-refractivity contribution in [1.82, 2.24) is 9.78 Å². The summed E-state index contributed by atoms with van der Waals surface area (Å²) in [7, 11) is 0. The summed E-state index contributed by atoms with van der Waals surface area (Å²) in [4.78, 5) is 11.2. The minimum Gasteiger partial charge on any atom is -0.295 e. The molecule has 0 N–H and O–H groups in total. The topological polar surface area (TPSA) is 34.9 Å². The molecule has 0 saturated heterocycles. The third kappa shape index (κ3) is 2.24. The van der Waals surface area contributed by atoms with Crippen LogP contribution in [0.3, 0.4) is 0 Å². The standard InChI is InChI=1S/C13H13ClN2O/c1-8-6-9(2)16(15-8)13-5-4-11(10(3)17)7-12(13)14/h4-7H,1-3H3. The number of Topliss-reactive ketones (excluding diaryl/α,β-unsaturated/α-hetero) is 1. The van der Waals surface area contributed by atoms with E-state index in [0.717, 1.165) is 17.1 Å². The van der Waals surface area contributed by atoms with Crippen molar-refractivity contribution >= 4 is 17.4 Å². The molecule has 2 rings (SSSR count). The molecule has 0 aliphatic carbocycles. The zero-order valence-corrected chi connectivity index (χ0v) is 10.7. The van der Waals surface area contributed by atoms with Gasteiger partial charge in [0.2, 0.25) is 0 Å². The predicted octanol–water partition coefficient (Wildman–Crippen LogP) is 3.35. The summed E-state index contributed by atoms with van der Waals surface area (Å²) in [5, 5.41) is 4.89. The number of aryl methyl sites for hydroxylation is 2. The zero-order valence-electron chi connectivity index (χ0n) is 9.99. The number of carbonyl (C=O) groups excluding carboxylic acids is 1. The molecule has 0 unspecified atom stereocenters. The molecule has 0 bridgehead atoms. The second kappa shape index (κ2) is 4.34. The highest BCUT2D eigenvalue weighted by Crippen LogP contribution is 2.23. The molecule has 1 heterocycles. The van der Waals surface area contributed by atoms with Gasteiger partial charge in [-0.15, -0.1) is 0 Å². The summed E-state index contributed by atoms with van der Waals surface area (Å²) in [6.07, 6.45) is 0. The van der Waals surface area contributed by atoms with Crippen LogP contribution in [0.25, 0.3) is 5.69 Å². The van der Waals surface area contributed by atoms with Gasteiger partial charge in [0.15, 0.2) is 5.78 Å². The van der Waals surface area contributed by atoms with Crippen molar-refractivity contribution < 1.29 is 4.79 Å². The van der Waals surface area contributed by atoms with Crippen LogP contribution >= 0.6 is 11.6 Å². The molecule has 0 aliphatic rings. The quantitative estimate of drug-likeness (QED) is 0.764. The van der Waals surface area contributed by atoms with E-state index in [2.05, 4.69) is 5.10 Å². The molecule has 0 spiro atoms. The Bertz CT molecular complexity index is 587. The van der Waals surface area contributed by atoms with E-state index in [0.29, 0.717) is 10.6 Å². The predicted molar refractivity (Wildman–Crippen MR) is 68.1 cm³/mol. The average Bonchev–Trinajstić information content (AvgIpc) is 2.57. The van der Waals surface area contributed by atoms with Gasteiger partial charge in [0.1, 0.15) is 0 Å². The van der Waals surface area contributed by atoms with E-state index in [-0.39, 0.29) is 5.78 Å². The van der Waals surface area contributed by atoms with E-state index < -0.39 is 0 Å². The minimum atomic E-state index is 0.00631. The molecule has 1 aromatic carbocycles. The van der Waals surface area contributed by atoms with Crippen molar-refractivity contribution in [2.45, 2.75) is 20.8 Å². The third-order valence-electron chi connectivity index (χ3n) is 2.59. The monoisotopic (exact) mass is 248 g/mol. The van der Waals surface area contributed by atoms with Crippen LogP contribution in [0.5, 0.6) is 0 Å². The lowest BCUT2D eigenvalue weighted by Gasteiger charge is -2.07. The number of carbonyl (C=O) groups is 1. The zero-order chi connectivity index (χ0) is 12.6. The number of ketones is 1. The van der Waals surface area contributed by atoms with Crippen molar-refractivity contribution in [1.29, 1.82) is 0 Å². The van der Waals surface area contributed by atoms with Crippen molar-refractivity contribution in [2.24, 2.45) is 0 Å². The van der Waals surface area contributed by atoms with Gasteiger partial charge in [-0.2, -0.15) is 5.10 Å². The molecule has 0 saturated carbocycles. The van der Waals surface area contributed by atoms with E-state index in [4.69, 9.17) is 11.6 Å². The van der Waals surface area contributed by atoms with Crippen LogP contribution in [0.15, 0.2) is 24.3 Å². The highest BCUT2D eigenvalue weighted by molar-refractivity contribution is 6.32. The Labute approximate surface area is 105 Å². The van der Waals surface area contributed by atoms with Gasteiger partial charge in [-0.25, -0.2) is 4.68 Å². The Morgan fingerprint density at radius 3 is 2.47 bits per heavy atom. The summed E-state index contributed by atoms with van der Waals surface area (Å²) >= 11 is 6.18. The smallest absolute Gasteiger partial charge is 0.159 e. The lowest BCUT2D eigenvalue weighted by molar-refractivity contribution is 0.101. The first kappa shape index (κ1) is 11.9. The second-order valence-electron chi connectivity index (χ2n) is 4.06. The molecule has 0 aliphatic heterocycles. The summed E-state index contributed by atoms with van der Waals surface area (Å²) in [6, 6.07) is 7.24. The summed E-state index contributed by atoms with van der Waals surface area (Å²) in [5.41, 5.74) is 3.36. The molecule has 88 valence electrons. The molecule has 0 amide bonds. The number of aromatic nitrogens is 2. The Hall–Kier alpha value is -1.61. The van der Waals surface area contributed by atoms with Gasteiger partial charge in [-0.3, -0.25) is 4.79 Å². The Morgan fingerprint density at radius 1 is 1.29 bits per heavy atom. The van der Waals surface area contributed by atoms with E-state index in [9.17, 15) is 4.79 Å². The highest BCUT2D eigenvalue weighted by atomic mass is 35.5. The van der Waals surface area contributed by atoms with E-state index >= 15 is 0 Å². The summed E-state index contributed by atoms with van der Waals surface area (Å²) in [6.45, 7) is 5.42. The molecular weight excluding hydrogens is 236 g/mol. The van der Waals surface area contributed by atoms with Crippen LogP contribution in [-0.4, -0.2) is 15.6 Å². The maximum Gasteiger partial charge on any atom is 0.159 e. The highest BCUT2D eigenvalue weighted by Gasteiger charge is 2.09. The number of hydrogen-bond donors (Lipinski definition) is 0. The fourth-order valence-corrected chi connectivity index (χ4v) is 2.03. The molecule has 1 aromatic heterocycles. The first-order valence-electron chi connectivity index (χ1n) is 5.33. The number of rotatable bonds is 2. The van der Waals surface area contributed by atoms with Crippen molar-refractivity contribution in [3.05, 3.63) is 46.2 Å². The first-order valence-corrected chi connectivity index (χ1v) is 5.71.